The van der Waals surface area contributed by atoms with Gasteiger partial charge in [-0.2, -0.15) is 13.2 Å². The summed E-state index contributed by atoms with van der Waals surface area (Å²) in [6.07, 6.45) is -2.38. The van der Waals surface area contributed by atoms with Gasteiger partial charge in [-0.15, -0.1) is 0 Å². The highest BCUT2D eigenvalue weighted by atomic mass is 19.4. The van der Waals surface area contributed by atoms with E-state index in [-0.39, 0.29) is 17.7 Å². The quantitative estimate of drug-likeness (QED) is 0.594. The molecule has 8 heteroatoms. The Morgan fingerprint density at radius 2 is 1.86 bits per heavy atom. The van der Waals surface area contributed by atoms with Crippen LogP contribution in [0.4, 0.5) is 23.2 Å². The van der Waals surface area contributed by atoms with Crippen molar-refractivity contribution in [2.75, 3.05) is 31.2 Å². The van der Waals surface area contributed by atoms with Crippen molar-refractivity contribution < 1.29 is 22.3 Å². The van der Waals surface area contributed by atoms with Gasteiger partial charge in [0.1, 0.15) is 12.3 Å². The van der Waals surface area contributed by atoms with Crippen LogP contribution in [0, 0.1) is 6.92 Å². The van der Waals surface area contributed by atoms with Gasteiger partial charge in [-0.25, -0.2) is 9.37 Å². The summed E-state index contributed by atoms with van der Waals surface area (Å²) in [4.78, 5) is 6.50. The van der Waals surface area contributed by atoms with Crippen molar-refractivity contribution in [3.8, 4) is 0 Å². The first-order chi connectivity index (χ1) is 13.9. The minimum Gasteiger partial charge on any atom is -0.378 e. The number of nitrogens with zero attached hydrogens (tertiary/aromatic N) is 3. The average molecular weight is 407 g/mol. The molecule has 2 aromatic heterocycles. The molecule has 1 saturated heterocycles. The van der Waals surface area contributed by atoms with E-state index in [9.17, 15) is 17.6 Å². The molecule has 0 unspecified atom stereocenters. The highest BCUT2D eigenvalue weighted by Crippen LogP contribution is 2.34. The standard InChI is InChI=1S/C21H21F4N3O/c1-14-15(3-2-4-17(14)21(23,24)25)11-19-18(12-22)26-20-6-5-16(13-28(19)20)27-7-9-29-10-8-27/h2-6,13H,7-12H2,1H3. The summed E-state index contributed by atoms with van der Waals surface area (Å²) >= 11 is 0. The maximum Gasteiger partial charge on any atom is 0.416 e. The van der Waals surface area contributed by atoms with Crippen LogP contribution in [0.1, 0.15) is 28.1 Å². The second-order valence-electron chi connectivity index (χ2n) is 7.12. The van der Waals surface area contributed by atoms with Gasteiger partial charge in [0.25, 0.3) is 0 Å². The molecule has 3 heterocycles. The minimum absolute atomic E-state index is 0.157. The summed E-state index contributed by atoms with van der Waals surface area (Å²) in [7, 11) is 0. The van der Waals surface area contributed by atoms with Crippen molar-refractivity contribution >= 4 is 11.3 Å². The molecular formula is C21H21F4N3O. The molecule has 29 heavy (non-hydrogen) atoms. The number of hydrogen-bond acceptors (Lipinski definition) is 3. The predicted molar refractivity (Wildman–Crippen MR) is 102 cm³/mol. The third-order valence-electron chi connectivity index (χ3n) is 5.40. The van der Waals surface area contributed by atoms with Gasteiger partial charge in [0.15, 0.2) is 0 Å². The fraction of sp³-hybridized carbons (Fsp3) is 0.381. The summed E-state index contributed by atoms with van der Waals surface area (Å²) in [6.45, 7) is 3.44. The van der Waals surface area contributed by atoms with Gasteiger partial charge in [-0.05, 0) is 36.2 Å². The van der Waals surface area contributed by atoms with Crippen molar-refractivity contribution in [2.45, 2.75) is 26.2 Å². The number of fused-ring (bicyclic) bond motifs is 1. The summed E-state index contributed by atoms with van der Waals surface area (Å²) in [5, 5.41) is 0. The second-order valence-corrected chi connectivity index (χ2v) is 7.12. The molecule has 4 nitrogen and oxygen atoms in total. The molecule has 0 amide bonds. The van der Waals surface area contributed by atoms with Crippen LogP contribution in [0.25, 0.3) is 5.65 Å². The number of pyridine rings is 1. The number of aromatic nitrogens is 2. The number of anilines is 1. The number of benzene rings is 1. The van der Waals surface area contributed by atoms with Crippen LogP contribution < -0.4 is 4.90 Å². The lowest BCUT2D eigenvalue weighted by atomic mass is 9.98. The maximum absolute atomic E-state index is 13.7. The molecule has 154 valence electrons. The maximum atomic E-state index is 13.7. The molecule has 0 saturated carbocycles. The first-order valence-corrected chi connectivity index (χ1v) is 9.42. The van der Waals surface area contributed by atoms with E-state index in [1.807, 2.05) is 18.3 Å². The van der Waals surface area contributed by atoms with Crippen LogP contribution >= 0.6 is 0 Å². The fourth-order valence-corrected chi connectivity index (χ4v) is 3.80. The molecule has 0 aliphatic carbocycles. The van der Waals surface area contributed by atoms with Crippen LogP contribution in [0.15, 0.2) is 36.5 Å². The van der Waals surface area contributed by atoms with Crippen molar-refractivity contribution in [2.24, 2.45) is 0 Å². The Bertz CT molecular complexity index is 1020. The number of rotatable bonds is 4. The van der Waals surface area contributed by atoms with E-state index in [0.717, 1.165) is 24.8 Å². The van der Waals surface area contributed by atoms with Crippen molar-refractivity contribution in [1.82, 2.24) is 9.38 Å². The number of imidazole rings is 1. The van der Waals surface area contributed by atoms with E-state index >= 15 is 0 Å². The fourth-order valence-electron chi connectivity index (χ4n) is 3.80. The summed E-state index contributed by atoms with van der Waals surface area (Å²) in [5.41, 5.74) is 2.35. The molecular weight excluding hydrogens is 386 g/mol. The number of halogens is 4. The zero-order valence-electron chi connectivity index (χ0n) is 16.0. The SMILES string of the molecule is Cc1c(Cc2c(CF)nc3ccc(N4CCOCC4)cn23)cccc1C(F)(F)F. The zero-order chi connectivity index (χ0) is 20.6. The van der Waals surface area contributed by atoms with E-state index in [1.54, 1.807) is 10.5 Å². The lowest BCUT2D eigenvalue weighted by Gasteiger charge is -2.28. The van der Waals surface area contributed by atoms with E-state index < -0.39 is 18.4 Å². The number of alkyl halides is 4. The Balaban J connectivity index is 1.76. The van der Waals surface area contributed by atoms with Crippen LogP contribution in [0.3, 0.4) is 0 Å². The highest BCUT2D eigenvalue weighted by molar-refractivity contribution is 5.55. The van der Waals surface area contributed by atoms with Crippen molar-refractivity contribution in [1.29, 1.82) is 0 Å². The Morgan fingerprint density at radius 1 is 1.10 bits per heavy atom. The molecule has 1 aromatic carbocycles. The van der Waals surface area contributed by atoms with Gasteiger partial charge in [-0.1, -0.05) is 12.1 Å². The highest BCUT2D eigenvalue weighted by Gasteiger charge is 2.33. The molecule has 0 atom stereocenters. The Kier molecular flexibility index (Phi) is 5.21. The molecule has 0 N–H and O–H groups in total. The van der Waals surface area contributed by atoms with Crippen LogP contribution in [-0.4, -0.2) is 35.7 Å². The van der Waals surface area contributed by atoms with Crippen molar-refractivity contribution in [3.05, 3.63) is 64.6 Å². The first-order valence-electron chi connectivity index (χ1n) is 9.42. The average Bonchev–Trinajstić information content (AvgIpc) is 3.06. The molecule has 0 radical (unpaired) electrons. The molecule has 4 rings (SSSR count). The summed E-state index contributed by atoms with van der Waals surface area (Å²) < 4.78 is 60.7. The Hall–Kier alpha value is -2.61. The molecule has 1 aliphatic rings. The van der Waals surface area contributed by atoms with Gasteiger partial charge >= 0.3 is 6.18 Å². The van der Waals surface area contributed by atoms with Crippen LogP contribution in [-0.2, 0) is 24.0 Å². The number of morpholine rings is 1. The van der Waals surface area contributed by atoms with E-state index in [1.165, 1.54) is 13.0 Å². The zero-order valence-corrected chi connectivity index (χ0v) is 16.0. The van der Waals surface area contributed by atoms with Gasteiger partial charge < -0.3 is 14.0 Å². The summed E-state index contributed by atoms with van der Waals surface area (Å²) in [6, 6.07) is 7.85. The van der Waals surface area contributed by atoms with Crippen molar-refractivity contribution in [3.63, 3.8) is 0 Å². The number of hydrogen-bond donors (Lipinski definition) is 0. The van der Waals surface area contributed by atoms with E-state index in [4.69, 9.17) is 4.74 Å². The van der Waals surface area contributed by atoms with Crippen LogP contribution in [0.2, 0.25) is 0 Å². The van der Waals surface area contributed by atoms with Gasteiger partial charge in [0, 0.05) is 25.7 Å². The molecule has 0 bridgehead atoms. The third kappa shape index (κ3) is 3.81. The first kappa shape index (κ1) is 19.7. The summed E-state index contributed by atoms with van der Waals surface area (Å²) in [5.74, 6) is 0. The molecule has 0 spiro atoms. The van der Waals surface area contributed by atoms with E-state index in [2.05, 4.69) is 9.88 Å². The molecule has 3 aromatic rings. The lowest BCUT2D eigenvalue weighted by molar-refractivity contribution is -0.138. The van der Waals surface area contributed by atoms with Crippen LogP contribution in [0.5, 0.6) is 0 Å². The normalized spacial score (nSPS) is 15.3. The monoisotopic (exact) mass is 407 g/mol. The predicted octanol–water partition coefficient (Wildman–Crippen LogP) is 4.56. The minimum atomic E-state index is -4.42. The molecule has 1 aliphatic heterocycles. The second kappa shape index (κ2) is 7.67. The Morgan fingerprint density at radius 3 is 2.55 bits per heavy atom. The molecule has 1 fully saturated rings. The third-order valence-corrected chi connectivity index (χ3v) is 5.40. The van der Waals surface area contributed by atoms with Gasteiger partial charge in [0.2, 0.25) is 0 Å². The number of ether oxygens (including phenoxy) is 1. The lowest BCUT2D eigenvalue weighted by Crippen LogP contribution is -2.36. The van der Waals surface area contributed by atoms with Gasteiger partial charge in [-0.3, -0.25) is 0 Å². The topological polar surface area (TPSA) is 29.8 Å². The smallest absolute Gasteiger partial charge is 0.378 e. The van der Waals surface area contributed by atoms with E-state index in [0.29, 0.717) is 30.1 Å². The Labute approximate surface area is 165 Å². The largest absolute Gasteiger partial charge is 0.416 e. The van der Waals surface area contributed by atoms with Gasteiger partial charge in [0.05, 0.1) is 35.9 Å².